The number of urea groups is 1. The molecule has 0 bridgehead atoms. The second-order valence-electron chi connectivity index (χ2n) is 6.47. The lowest BCUT2D eigenvalue weighted by Gasteiger charge is -2.34. The maximum absolute atomic E-state index is 12.2. The van der Waals surface area contributed by atoms with Crippen molar-refractivity contribution in [2.75, 3.05) is 13.1 Å². The molecule has 1 aromatic rings. The first-order valence-corrected chi connectivity index (χ1v) is 7.52. The van der Waals surface area contributed by atoms with Crippen molar-refractivity contribution in [3.63, 3.8) is 0 Å². The minimum Gasteiger partial charge on any atom is -0.332 e. The molecule has 0 radical (unpaired) electrons. The highest BCUT2D eigenvalue weighted by molar-refractivity contribution is 5.74. The van der Waals surface area contributed by atoms with E-state index in [-0.39, 0.29) is 6.03 Å². The van der Waals surface area contributed by atoms with Crippen LogP contribution in [0.4, 0.5) is 4.79 Å². The fourth-order valence-corrected chi connectivity index (χ4v) is 3.07. The van der Waals surface area contributed by atoms with Crippen LogP contribution in [-0.2, 0) is 6.54 Å². The normalized spacial score (nSPS) is 23.1. The highest BCUT2D eigenvalue weighted by Crippen LogP contribution is 2.21. The fraction of sp³-hybridized carbons (Fsp3) is 0.733. The summed E-state index contributed by atoms with van der Waals surface area (Å²) in [6.07, 6.45) is 3.05. The van der Waals surface area contributed by atoms with Gasteiger partial charge in [0.25, 0.3) is 0 Å². The molecule has 2 unspecified atom stereocenters. The average Bonchev–Trinajstić information content (AvgIpc) is 2.83. The number of nitrogens with zero attached hydrogens (tertiary/aromatic N) is 2. The van der Waals surface area contributed by atoms with Gasteiger partial charge in [-0.25, -0.2) is 4.79 Å². The summed E-state index contributed by atoms with van der Waals surface area (Å²) in [5.41, 5.74) is 2.18. The molecule has 1 fully saturated rings. The number of hydrogen-bond donors (Lipinski definition) is 2. The molecule has 2 amide bonds. The van der Waals surface area contributed by atoms with E-state index in [4.69, 9.17) is 0 Å². The Hall–Kier alpha value is -1.52. The molecule has 0 aromatic carbocycles. The smallest absolute Gasteiger partial charge is 0.317 e. The predicted molar refractivity (Wildman–Crippen MR) is 79.4 cm³/mol. The number of likely N-dealkylation sites (tertiary alicyclic amines) is 1. The van der Waals surface area contributed by atoms with Crippen LogP contribution in [0.5, 0.6) is 0 Å². The molecule has 2 atom stereocenters. The van der Waals surface area contributed by atoms with Gasteiger partial charge in [0.2, 0.25) is 0 Å². The van der Waals surface area contributed by atoms with E-state index in [0.29, 0.717) is 24.3 Å². The highest BCUT2D eigenvalue weighted by Gasteiger charge is 2.25. The molecule has 0 saturated carbocycles. The van der Waals surface area contributed by atoms with Gasteiger partial charge in [0.1, 0.15) is 0 Å². The summed E-state index contributed by atoms with van der Waals surface area (Å²) in [5, 5.41) is 10.1. The first kappa shape index (κ1) is 14.9. The van der Waals surface area contributed by atoms with E-state index in [0.717, 1.165) is 18.8 Å². The van der Waals surface area contributed by atoms with Crippen LogP contribution in [0.2, 0.25) is 0 Å². The Morgan fingerprint density at radius 2 is 2.10 bits per heavy atom. The number of H-pyrrole nitrogens is 1. The Balaban J connectivity index is 1.90. The molecule has 1 aromatic heterocycles. The van der Waals surface area contributed by atoms with Crippen LogP contribution in [0, 0.1) is 11.8 Å². The quantitative estimate of drug-likeness (QED) is 0.893. The Morgan fingerprint density at radius 1 is 1.45 bits per heavy atom. The van der Waals surface area contributed by atoms with E-state index in [9.17, 15) is 4.79 Å². The summed E-state index contributed by atoms with van der Waals surface area (Å²) in [5.74, 6) is 1.58. The van der Waals surface area contributed by atoms with Crippen molar-refractivity contribution in [2.45, 2.75) is 46.6 Å². The largest absolute Gasteiger partial charge is 0.332 e. The molecule has 0 aliphatic carbocycles. The van der Waals surface area contributed by atoms with Crippen LogP contribution >= 0.6 is 0 Å². The van der Waals surface area contributed by atoms with Crippen molar-refractivity contribution in [3.05, 3.63) is 17.5 Å². The van der Waals surface area contributed by atoms with Crippen LogP contribution in [-0.4, -0.2) is 34.2 Å². The standard InChI is InChI=1S/C15H26N4O/c1-10(2)13-6-17-18-14(13)7-16-15(20)19-8-11(3)5-12(4)9-19/h6,10-12H,5,7-9H2,1-4H3,(H,16,20)(H,17,18). The zero-order valence-corrected chi connectivity index (χ0v) is 12.9. The van der Waals surface area contributed by atoms with Crippen molar-refractivity contribution >= 4 is 6.03 Å². The number of rotatable bonds is 3. The first-order chi connectivity index (χ1) is 9.47. The van der Waals surface area contributed by atoms with Crippen LogP contribution in [0.25, 0.3) is 0 Å². The highest BCUT2D eigenvalue weighted by atomic mass is 16.2. The summed E-state index contributed by atoms with van der Waals surface area (Å²) in [4.78, 5) is 14.2. The van der Waals surface area contributed by atoms with Crippen molar-refractivity contribution in [2.24, 2.45) is 11.8 Å². The molecule has 112 valence electrons. The second kappa shape index (κ2) is 6.29. The van der Waals surface area contributed by atoms with E-state index in [1.54, 1.807) is 0 Å². The van der Waals surface area contributed by atoms with Gasteiger partial charge >= 0.3 is 6.03 Å². The Kier molecular flexibility index (Phi) is 4.68. The SMILES string of the molecule is CC1CC(C)CN(C(=O)NCc2[nH]ncc2C(C)C)C1. The molecule has 0 spiro atoms. The molecule has 1 saturated heterocycles. The third kappa shape index (κ3) is 3.52. The maximum Gasteiger partial charge on any atom is 0.317 e. The molecule has 2 N–H and O–H groups in total. The molecule has 20 heavy (non-hydrogen) atoms. The lowest BCUT2D eigenvalue weighted by molar-refractivity contribution is 0.146. The maximum atomic E-state index is 12.2. The van der Waals surface area contributed by atoms with Gasteiger partial charge in [-0.2, -0.15) is 5.10 Å². The molecule has 5 nitrogen and oxygen atoms in total. The molecule has 1 aliphatic rings. The predicted octanol–water partition coefficient (Wildman–Crippen LogP) is 2.72. The van der Waals surface area contributed by atoms with Gasteiger partial charge in [-0.3, -0.25) is 5.10 Å². The summed E-state index contributed by atoms with van der Waals surface area (Å²) >= 11 is 0. The number of carbonyl (C=O) groups excluding carboxylic acids is 1. The van der Waals surface area contributed by atoms with E-state index < -0.39 is 0 Å². The molecule has 5 heteroatoms. The number of aromatic amines is 1. The summed E-state index contributed by atoms with van der Waals surface area (Å²) in [6.45, 7) is 10.9. The van der Waals surface area contributed by atoms with E-state index in [1.807, 2.05) is 11.1 Å². The summed E-state index contributed by atoms with van der Waals surface area (Å²) in [6, 6.07) is 0.0349. The Labute approximate surface area is 121 Å². The second-order valence-corrected chi connectivity index (χ2v) is 6.47. The average molecular weight is 278 g/mol. The third-order valence-corrected chi connectivity index (χ3v) is 3.95. The monoisotopic (exact) mass is 278 g/mol. The number of amides is 2. The van der Waals surface area contributed by atoms with Gasteiger partial charge in [-0.05, 0) is 29.7 Å². The lowest BCUT2D eigenvalue weighted by Crippen LogP contribution is -2.47. The first-order valence-electron chi connectivity index (χ1n) is 7.52. The van der Waals surface area contributed by atoms with Crippen molar-refractivity contribution in [3.8, 4) is 0 Å². The number of nitrogens with one attached hydrogen (secondary N) is 2. The molecule has 2 rings (SSSR count). The van der Waals surface area contributed by atoms with Crippen LogP contribution < -0.4 is 5.32 Å². The van der Waals surface area contributed by atoms with Gasteiger partial charge in [0.05, 0.1) is 18.4 Å². The zero-order chi connectivity index (χ0) is 14.7. The third-order valence-electron chi connectivity index (χ3n) is 3.95. The van der Waals surface area contributed by atoms with Gasteiger partial charge in [0.15, 0.2) is 0 Å². The van der Waals surface area contributed by atoms with E-state index in [2.05, 4.69) is 43.2 Å². The molecule has 2 heterocycles. The van der Waals surface area contributed by atoms with Gasteiger partial charge in [0, 0.05) is 13.1 Å². The minimum atomic E-state index is 0.0349. The number of piperidine rings is 1. The van der Waals surface area contributed by atoms with Crippen LogP contribution in [0.15, 0.2) is 6.20 Å². The lowest BCUT2D eigenvalue weighted by atomic mass is 9.92. The summed E-state index contributed by atoms with van der Waals surface area (Å²) < 4.78 is 0. The molecular formula is C15H26N4O. The fourth-order valence-electron chi connectivity index (χ4n) is 3.07. The topological polar surface area (TPSA) is 61.0 Å². The zero-order valence-electron chi connectivity index (χ0n) is 12.9. The molecular weight excluding hydrogens is 252 g/mol. The minimum absolute atomic E-state index is 0.0349. The number of hydrogen-bond acceptors (Lipinski definition) is 2. The van der Waals surface area contributed by atoms with Crippen LogP contribution in [0.3, 0.4) is 0 Å². The van der Waals surface area contributed by atoms with E-state index >= 15 is 0 Å². The number of aromatic nitrogens is 2. The van der Waals surface area contributed by atoms with Gasteiger partial charge in [-0.1, -0.05) is 27.7 Å². The van der Waals surface area contributed by atoms with Crippen molar-refractivity contribution < 1.29 is 4.79 Å². The molecule has 1 aliphatic heterocycles. The van der Waals surface area contributed by atoms with Crippen molar-refractivity contribution in [1.82, 2.24) is 20.4 Å². The summed E-state index contributed by atoms with van der Waals surface area (Å²) in [7, 11) is 0. The number of carbonyl (C=O) groups is 1. The van der Waals surface area contributed by atoms with Gasteiger partial charge < -0.3 is 10.2 Å². The van der Waals surface area contributed by atoms with Crippen LogP contribution in [0.1, 0.15) is 51.3 Å². The van der Waals surface area contributed by atoms with Gasteiger partial charge in [-0.15, -0.1) is 0 Å². The Morgan fingerprint density at radius 3 is 2.70 bits per heavy atom. The van der Waals surface area contributed by atoms with Crippen molar-refractivity contribution in [1.29, 1.82) is 0 Å². The van der Waals surface area contributed by atoms with E-state index in [1.165, 1.54) is 12.0 Å². The Bertz CT molecular complexity index is 444.